The molecule has 112 valence electrons. The molecule has 21 heavy (non-hydrogen) atoms. The zero-order valence-electron chi connectivity index (χ0n) is 12.3. The van der Waals surface area contributed by atoms with Crippen molar-refractivity contribution in [2.24, 2.45) is 0 Å². The summed E-state index contributed by atoms with van der Waals surface area (Å²) in [5, 5.41) is 0. The van der Waals surface area contributed by atoms with Crippen LogP contribution in [0, 0.1) is 0 Å². The van der Waals surface area contributed by atoms with Crippen molar-refractivity contribution < 1.29 is 0 Å². The second kappa shape index (κ2) is 10.7. The van der Waals surface area contributed by atoms with Gasteiger partial charge in [0.1, 0.15) is 0 Å². The van der Waals surface area contributed by atoms with Crippen molar-refractivity contribution in [1.82, 2.24) is 9.97 Å². The van der Waals surface area contributed by atoms with Crippen molar-refractivity contribution >= 4 is 23.5 Å². The normalized spacial score (nSPS) is 10.7. The van der Waals surface area contributed by atoms with Gasteiger partial charge in [0, 0.05) is 23.8 Å². The van der Waals surface area contributed by atoms with Crippen LogP contribution in [0.15, 0.2) is 48.8 Å². The van der Waals surface area contributed by atoms with Crippen molar-refractivity contribution in [3.63, 3.8) is 0 Å². The van der Waals surface area contributed by atoms with E-state index < -0.39 is 0 Å². The van der Waals surface area contributed by atoms with Gasteiger partial charge < -0.3 is 0 Å². The molecule has 0 radical (unpaired) electrons. The van der Waals surface area contributed by atoms with E-state index in [4.69, 9.17) is 0 Å². The highest BCUT2D eigenvalue weighted by atomic mass is 32.2. The number of hydrogen-bond acceptors (Lipinski definition) is 4. The molecule has 2 heterocycles. The lowest BCUT2D eigenvalue weighted by Crippen LogP contribution is -1.95. The molecular weight excluding hydrogens is 296 g/mol. The third kappa shape index (κ3) is 7.53. The van der Waals surface area contributed by atoms with Gasteiger partial charge in [0.05, 0.1) is 0 Å². The largest absolute Gasteiger partial charge is 0.261 e. The Morgan fingerprint density at radius 3 is 1.62 bits per heavy atom. The first kappa shape index (κ1) is 16.4. The molecule has 0 atom stereocenters. The maximum absolute atomic E-state index is 4.34. The van der Waals surface area contributed by atoms with Gasteiger partial charge >= 0.3 is 0 Å². The number of aryl methyl sites for hydroxylation is 2. The molecule has 2 aromatic heterocycles. The second-order valence-corrected chi connectivity index (χ2v) is 7.17. The van der Waals surface area contributed by atoms with Crippen molar-refractivity contribution in [1.29, 1.82) is 0 Å². The van der Waals surface area contributed by atoms with Gasteiger partial charge in [0.2, 0.25) is 0 Å². The summed E-state index contributed by atoms with van der Waals surface area (Å²) in [6.45, 7) is 0. The highest BCUT2D eigenvalue weighted by molar-refractivity contribution is 8.00. The summed E-state index contributed by atoms with van der Waals surface area (Å²) in [6, 6.07) is 12.3. The van der Waals surface area contributed by atoms with E-state index in [9.17, 15) is 0 Å². The summed E-state index contributed by atoms with van der Waals surface area (Å²) < 4.78 is 0. The molecule has 0 spiro atoms. The van der Waals surface area contributed by atoms with E-state index in [0.717, 1.165) is 12.8 Å². The fraction of sp³-hybridized carbons (Fsp3) is 0.412. The van der Waals surface area contributed by atoms with E-state index in [2.05, 4.69) is 34.2 Å². The average molecular weight is 319 g/mol. The first-order valence-corrected chi connectivity index (χ1v) is 9.71. The van der Waals surface area contributed by atoms with Crippen molar-refractivity contribution in [3.8, 4) is 0 Å². The standard InChI is InChI=1S/C17H22N2S2/c1-3-10-18-16(6-1)8-14-20-12-5-13-21-15-9-17-7-2-4-11-19-17/h1-4,6-7,10-11H,5,8-9,12-15H2. The third-order valence-corrected chi connectivity index (χ3v) is 5.18. The molecule has 0 aliphatic carbocycles. The molecule has 0 aliphatic heterocycles. The van der Waals surface area contributed by atoms with Crippen molar-refractivity contribution in [2.45, 2.75) is 19.3 Å². The molecule has 2 aromatic rings. The Morgan fingerprint density at radius 1 is 0.667 bits per heavy atom. The Labute approximate surface area is 136 Å². The molecule has 0 aliphatic rings. The molecule has 2 rings (SSSR count). The summed E-state index contributed by atoms with van der Waals surface area (Å²) in [4.78, 5) is 8.68. The maximum atomic E-state index is 4.34. The van der Waals surface area contributed by atoms with Crippen LogP contribution in [0.2, 0.25) is 0 Å². The van der Waals surface area contributed by atoms with Gasteiger partial charge in [0.15, 0.2) is 0 Å². The van der Waals surface area contributed by atoms with E-state index in [1.165, 1.54) is 40.8 Å². The zero-order chi connectivity index (χ0) is 14.6. The minimum absolute atomic E-state index is 1.08. The van der Waals surface area contributed by atoms with Crippen LogP contribution in [0.25, 0.3) is 0 Å². The number of aromatic nitrogens is 2. The Hall–Kier alpha value is -1.00. The molecule has 0 unspecified atom stereocenters. The fourth-order valence-electron chi connectivity index (χ4n) is 1.91. The van der Waals surface area contributed by atoms with Crippen LogP contribution in [-0.4, -0.2) is 33.0 Å². The molecule has 2 nitrogen and oxygen atoms in total. The summed E-state index contributed by atoms with van der Waals surface area (Å²) >= 11 is 4.07. The number of rotatable bonds is 10. The molecule has 0 aromatic carbocycles. The third-order valence-electron chi connectivity index (χ3n) is 3.03. The minimum atomic E-state index is 1.08. The van der Waals surface area contributed by atoms with Gasteiger partial charge in [-0.2, -0.15) is 23.5 Å². The monoisotopic (exact) mass is 318 g/mol. The minimum Gasteiger partial charge on any atom is -0.261 e. The number of hydrogen-bond donors (Lipinski definition) is 0. The Bertz CT molecular complexity index is 431. The number of thioether (sulfide) groups is 2. The smallest absolute Gasteiger partial charge is 0.0411 e. The van der Waals surface area contributed by atoms with Gasteiger partial charge in [-0.05, 0) is 66.5 Å². The maximum Gasteiger partial charge on any atom is 0.0411 e. The Balaban J connectivity index is 1.40. The Kier molecular flexibility index (Phi) is 8.33. The molecule has 0 amide bonds. The predicted molar refractivity (Wildman–Crippen MR) is 95.1 cm³/mol. The van der Waals surface area contributed by atoms with Crippen LogP contribution < -0.4 is 0 Å². The van der Waals surface area contributed by atoms with Crippen LogP contribution in [0.3, 0.4) is 0 Å². The van der Waals surface area contributed by atoms with E-state index in [1.54, 1.807) is 0 Å². The summed E-state index contributed by atoms with van der Waals surface area (Å²) in [5.41, 5.74) is 2.41. The summed E-state index contributed by atoms with van der Waals surface area (Å²) in [5.74, 6) is 4.86. The van der Waals surface area contributed by atoms with Gasteiger partial charge in [-0.15, -0.1) is 0 Å². The lowest BCUT2D eigenvalue weighted by Gasteiger charge is -2.03. The second-order valence-electron chi connectivity index (χ2n) is 4.72. The highest BCUT2D eigenvalue weighted by Crippen LogP contribution is 2.11. The van der Waals surface area contributed by atoms with Gasteiger partial charge in [-0.25, -0.2) is 0 Å². The Morgan fingerprint density at radius 2 is 1.19 bits per heavy atom. The molecule has 0 bridgehead atoms. The van der Waals surface area contributed by atoms with Gasteiger partial charge in [0.25, 0.3) is 0 Å². The lowest BCUT2D eigenvalue weighted by atomic mass is 10.3. The van der Waals surface area contributed by atoms with E-state index in [1.807, 2.05) is 48.1 Å². The average Bonchev–Trinajstić information content (AvgIpc) is 2.55. The molecule has 0 saturated heterocycles. The summed E-state index contributed by atoms with van der Waals surface area (Å²) in [6.07, 6.45) is 7.20. The van der Waals surface area contributed by atoms with Crippen molar-refractivity contribution in [3.05, 3.63) is 60.2 Å². The molecule has 0 N–H and O–H groups in total. The van der Waals surface area contributed by atoms with Crippen LogP contribution in [0.4, 0.5) is 0 Å². The zero-order valence-corrected chi connectivity index (χ0v) is 13.9. The molecular formula is C17H22N2S2. The topological polar surface area (TPSA) is 25.8 Å². The van der Waals surface area contributed by atoms with E-state index in [0.29, 0.717) is 0 Å². The first-order chi connectivity index (χ1) is 10.4. The van der Waals surface area contributed by atoms with Gasteiger partial charge in [-0.1, -0.05) is 12.1 Å². The predicted octanol–water partition coefficient (Wildman–Crippen LogP) is 4.12. The molecule has 0 fully saturated rings. The highest BCUT2D eigenvalue weighted by Gasteiger charge is 1.96. The number of nitrogens with zero attached hydrogens (tertiary/aromatic N) is 2. The van der Waals surface area contributed by atoms with Crippen LogP contribution in [0.5, 0.6) is 0 Å². The quantitative estimate of drug-likeness (QED) is 0.616. The van der Waals surface area contributed by atoms with Gasteiger partial charge in [-0.3, -0.25) is 9.97 Å². The summed E-state index contributed by atoms with van der Waals surface area (Å²) in [7, 11) is 0. The van der Waals surface area contributed by atoms with E-state index >= 15 is 0 Å². The van der Waals surface area contributed by atoms with Crippen LogP contribution in [-0.2, 0) is 12.8 Å². The molecule has 4 heteroatoms. The van der Waals surface area contributed by atoms with Crippen LogP contribution >= 0.6 is 23.5 Å². The van der Waals surface area contributed by atoms with Crippen molar-refractivity contribution in [2.75, 3.05) is 23.0 Å². The molecule has 0 saturated carbocycles. The first-order valence-electron chi connectivity index (χ1n) is 7.40. The van der Waals surface area contributed by atoms with E-state index in [-0.39, 0.29) is 0 Å². The lowest BCUT2D eigenvalue weighted by molar-refractivity contribution is 1.03. The number of pyridine rings is 2. The SMILES string of the molecule is c1ccc(CCSCCCSCCc2ccccn2)nc1. The van der Waals surface area contributed by atoms with Crippen LogP contribution in [0.1, 0.15) is 17.8 Å². The fourth-order valence-corrected chi connectivity index (χ4v) is 3.91.